The Kier molecular flexibility index (Phi) is 7.84. The fourth-order valence-corrected chi connectivity index (χ4v) is 2.80. The van der Waals surface area contributed by atoms with Crippen LogP contribution in [0.4, 0.5) is 23.2 Å². The van der Waals surface area contributed by atoms with Gasteiger partial charge in [-0.25, -0.2) is 18.8 Å². The molecule has 0 saturated heterocycles. The van der Waals surface area contributed by atoms with E-state index >= 15 is 0 Å². The van der Waals surface area contributed by atoms with Gasteiger partial charge in [-0.15, -0.1) is 0 Å². The monoisotopic (exact) mass is 505 g/mol. The van der Waals surface area contributed by atoms with Crippen molar-refractivity contribution in [2.75, 3.05) is 0 Å². The molecule has 2 aromatic carbocycles. The van der Waals surface area contributed by atoms with Gasteiger partial charge in [0.1, 0.15) is 11.5 Å². The van der Waals surface area contributed by atoms with Gasteiger partial charge in [0, 0.05) is 18.1 Å². The Morgan fingerprint density at radius 2 is 1.85 bits per heavy atom. The number of hydrogen-bond acceptors (Lipinski definition) is 7. The number of hydrogen-bond donors (Lipinski definition) is 2. The molecule has 0 amide bonds. The predicted octanol–water partition coefficient (Wildman–Crippen LogP) is 4.49. The number of rotatable bonds is 6. The highest BCUT2D eigenvalue weighted by Gasteiger charge is 2.42. The van der Waals surface area contributed by atoms with Crippen LogP contribution in [-0.4, -0.2) is 28.3 Å². The number of nitrogens with one attached hydrogen (secondary N) is 2. The van der Waals surface area contributed by atoms with E-state index < -0.39 is 23.8 Å². The first kappa shape index (κ1) is 24.4. The predicted molar refractivity (Wildman–Crippen MR) is 109 cm³/mol. The summed E-state index contributed by atoms with van der Waals surface area (Å²) in [6.45, 7) is 0.352. The van der Waals surface area contributed by atoms with Gasteiger partial charge in [-0.1, -0.05) is 46.6 Å². The number of benzene rings is 2. The maximum Gasteiger partial charge on any atom is 0.493 e. The number of nitrogens with zero attached hydrogens (tertiary/aromatic N) is 3. The van der Waals surface area contributed by atoms with Crippen molar-refractivity contribution in [1.29, 1.82) is 0 Å². The highest BCUT2D eigenvalue weighted by Crippen LogP contribution is 2.23. The fraction of sp³-hybridized carbons (Fsp3) is 0.158. The third-order valence-corrected chi connectivity index (χ3v) is 4.62. The molecule has 0 fully saturated rings. The van der Waals surface area contributed by atoms with Crippen molar-refractivity contribution in [2.24, 2.45) is 4.99 Å². The zero-order valence-corrected chi connectivity index (χ0v) is 17.8. The van der Waals surface area contributed by atoms with Gasteiger partial charge in [-0.2, -0.15) is 18.7 Å². The van der Waals surface area contributed by atoms with Crippen molar-refractivity contribution in [1.82, 2.24) is 21.1 Å². The Morgan fingerprint density at radius 1 is 1.09 bits per heavy atom. The maximum absolute atomic E-state index is 13.4. The molecule has 0 spiro atoms. The van der Waals surface area contributed by atoms with Crippen LogP contribution in [0.2, 0.25) is 10.0 Å². The van der Waals surface area contributed by atoms with Crippen molar-refractivity contribution >= 4 is 40.7 Å². The number of hydroxylamine groups is 1. The van der Waals surface area contributed by atoms with E-state index in [0.29, 0.717) is 11.6 Å². The molecule has 8 nitrogen and oxygen atoms in total. The molecule has 1 heterocycles. The Hall–Kier alpha value is -3.22. The second-order valence-corrected chi connectivity index (χ2v) is 7.12. The molecule has 0 saturated carbocycles. The highest BCUT2D eigenvalue weighted by atomic mass is 35.5. The van der Waals surface area contributed by atoms with Gasteiger partial charge in [0.05, 0.1) is 10.7 Å². The summed E-state index contributed by atoms with van der Waals surface area (Å²) >= 11 is 11.8. The molecule has 14 heteroatoms. The average Bonchev–Trinajstić information content (AvgIpc) is 3.22. The van der Waals surface area contributed by atoms with E-state index in [1.807, 2.05) is 0 Å². The van der Waals surface area contributed by atoms with Crippen LogP contribution in [0, 0.1) is 5.82 Å². The van der Waals surface area contributed by atoms with Crippen molar-refractivity contribution in [3.8, 4) is 0 Å². The van der Waals surface area contributed by atoms with Crippen molar-refractivity contribution in [3.63, 3.8) is 0 Å². The first-order valence-corrected chi connectivity index (χ1v) is 9.74. The van der Waals surface area contributed by atoms with Gasteiger partial charge in [-0.3, -0.25) is 0 Å². The van der Waals surface area contributed by atoms with E-state index in [1.165, 1.54) is 6.07 Å². The summed E-state index contributed by atoms with van der Waals surface area (Å²) in [6.07, 6.45) is -5.27. The second kappa shape index (κ2) is 10.6. The number of aromatic nitrogens is 2. The van der Waals surface area contributed by atoms with Gasteiger partial charge < -0.3 is 10.2 Å². The number of alkyl halides is 3. The van der Waals surface area contributed by atoms with E-state index in [2.05, 4.69) is 30.1 Å². The van der Waals surface area contributed by atoms with Crippen LogP contribution >= 0.6 is 23.2 Å². The van der Waals surface area contributed by atoms with Crippen LogP contribution in [-0.2, 0) is 22.7 Å². The lowest BCUT2D eigenvalue weighted by atomic mass is 10.2. The maximum atomic E-state index is 13.4. The first-order chi connectivity index (χ1) is 15.6. The second-order valence-electron chi connectivity index (χ2n) is 6.30. The van der Waals surface area contributed by atoms with Crippen LogP contribution in [0.25, 0.3) is 0 Å². The fourth-order valence-electron chi connectivity index (χ4n) is 2.42. The summed E-state index contributed by atoms with van der Waals surface area (Å²) in [5.41, 5.74) is 2.55. The molecule has 3 rings (SSSR count). The number of amidine groups is 1. The molecule has 2 N–H and O–H groups in total. The highest BCUT2D eigenvalue weighted by molar-refractivity contribution is 6.31. The first-order valence-electron chi connectivity index (χ1n) is 8.99. The summed E-state index contributed by atoms with van der Waals surface area (Å²) < 4.78 is 55.7. The molecule has 0 atom stereocenters. The van der Waals surface area contributed by atoms with E-state index in [4.69, 9.17) is 23.2 Å². The summed E-state index contributed by atoms with van der Waals surface area (Å²) in [5.74, 6) is -3.73. The van der Waals surface area contributed by atoms with Crippen molar-refractivity contribution in [3.05, 3.63) is 75.3 Å². The third-order valence-electron chi connectivity index (χ3n) is 3.96. The molecule has 0 radical (unpaired) electrons. The lowest BCUT2D eigenvalue weighted by Gasteiger charge is -2.11. The largest absolute Gasteiger partial charge is 0.493 e. The van der Waals surface area contributed by atoms with E-state index in [-0.39, 0.29) is 28.6 Å². The number of aliphatic imine (C=N–C) groups is 1. The van der Waals surface area contributed by atoms with Crippen LogP contribution in [0.1, 0.15) is 17.0 Å². The van der Waals surface area contributed by atoms with Gasteiger partial charge in [0.15, 0.2) is 11.5 Å². The number of halogens is 6. The lowest BCUT2D eigenvalue weighted by molar-refractivity contribution is -0.203. The number of carbonyl (C=O) groups excluding carboxylic acids is 1. The van der Waals surface area contributed by atoms with E-state index in [9.17, 15) is 22.4 Å². The standard InChI is InChI=1S/C19H13Cl2F4N5O3/c20-12-4-2-1-3-10(12)8-26-9-15-16(29-33-28-15)17(30-32-18(31)19(23,24)25)27-11-5-6-14(22)13(21)7-11/h1-7,26H,8-9H2,(H,27,30). The molecular weight excluding hydrogens is 493 g/mol. The summed E-state index contributed by atoms with van der Waals surface area (Å²) in [7, 11) is 0. The topological polar surface area (TPSA) is 102 Å². The minimum absolute atomic E-state index is 0.0185. The SMILES string of the molecule is O=C(ONC(=Nc1ccc(F)c(Cl)c1)c1nonc1CNCc1ccccc1Cl)C(F)(F)F. The molecular formula is C19H13Cl2F4N5O3. The average molecular weight is 506 g/mol. The Bertz CT molecular complexity index is 1170. The van der Waals surface area contributed by atoms with Crippen LogP contribution in [0.3, 0.4) is 0 Å². The van der Waals surface area contributed by atoms with Crippen LogP contribution < -0.4 is 10.8 Å². The third kappa shape index (κ3) is 6.63. The lowest BCUT2D eigenvalue weighted by Crippen LogP contribution is -2.35. The normalized spacial score (nSPS) is 12.0. The Balaban J connectivity index is 1.83. The molecule has 3 aromatic rings. The molecule has 0 aliphatic carbocycles. The molecule has 33 heavy (non-hydrogen) atoms. The zero-order valence-electron chi connectivity index (χ0n) is 16.3. The van der Waals surface area contributed by atoms with Crippen molar-refractivity contribution < 1.29 is 31.8 Å². The Morgan fingerprint density at radius 3 is 2.55 bits per heavy atom. The molecule has 0 aliphatic rings. The van der Waals surface area contributed by atoms with Crippen LogP contribution in [0.15, 0.2) is 52.1 Å². The van der Waals surface area contributed by atoms with Crippen molar-refractivity contribution in [2.45, 2.75) is 19.3 Å². The van der Waals surface area contributed by atoms with E-state index in [0.717, 1.165) is 17.7 Å². The summed E-state index contributed by atoms with van der Waals surface area (Å²) in [5, 5.41) is 10.6. The molecule has 1 aromatic heterocycles. The molecule has 0 unspecified atom stereocenters. The molecule has 0 aliphatic heterocycles. The van der Waals surface area contributed by atoms with Gasteiger partial charge in [0.25, 0.3) is 0 Å². The minimum Gasteiger partial charge on any atom is -0.333 e. The zero-order chi connectivity index (χ0) is 24.0. The molecule has 0 bridgehead atoms. The van der Waals surface area contributed by atoms with Gasteiger partial charge in [-0.05, 0) is 35.0 Å². The number of carbonyl (C=O) groups is 1. The smallest absolute Gasteiger partial charge is 0.333 e. The van der Waals surface area contributed by atoms with E-state index in [1.54, 1.807) is 29.7 Å². The minimum atomic E-state index is -5.27. The molecule has 174 valence electrons. The summed E-state index contributed by atoms with van der Waals surface area (Å²) in [6, 6.07) is 10.4. The Labute approximate surface area is 193 Å². The summed E-state index contributed by atoms with van der Waals surface area (Å²) in [4.78, 5) is 19.2. The van der Waals surface area contributed by atoms with Crippen LogP contribution in [0.5, 0.6) is 0 Å². The quantitative estimate of drug-likeness (QED) is 0.220. The van der Waals surface area contributed by atoms with Gasteiger partial charge in [0.2, 0.25) is 0 Å². The van der Waals surface area contributed by atoms with Gasteiger partial charge >= 0.3 is 12.1 Å².